The fourth-order valence-electron chi connectivity index (χ4n) is 2.90. The highest BCUT2D eigenvalue weighted by atomic mass is 19.1. The van der Waals surface area contributed by atoms with Crippen molar-refractivity contribution in [3.8, 4) is 5.75 Å². The summed E-state index contributed by atoms with van der Waals surface area (Å²) in [5.74, 6) is -0.903. The summed E-state index contributed by atoms with van der Waals surface area (Å²) < 4.78 is 13.6. The molecule has 0 aliphatic carbocycles. The van der Waals surface area contributed by atoms with Crippen molar-refractivity contribution in [2.75, 3.05) is 19.6 Å². The zero-order valence-electron chi connectivity index (χ0n) is 9.90. The summed E-state index contributed by atoms with van der Waals surface area (Å²) in [6.45, 7) is 2.23. The second-order valence-electron chi connectivity index (χ2n) is 4.95. The first-order valence-electron chi connectivity index (χ1n) is 6.17. The minimum atomic E-state index is -0.662. The first-order chi connectivity index (χ1) is 8.66. The second kappa shape index (κ2) is 4.24. The van der Waals surface area contributed by atoms with Crippen molar-refractivity contribution in [3.05, 3.63) is 29.6 Å². The molecule has 0 saturated carbocycles. The number of halogens is 1. The highest BCUT2D eigenvalue weighted by molar-refractivity contribution is 5.97. The number of phenols is 1. The Hall–Kier alpha value is -1.62. The Morgan fingerprint density at radius 1 is 1.44 bits per heavy atom. The number of hydrogen-bond donors (Lipinski definition) is 2. The van der Waals surface area contributed by atoms with Crippen molar-refractivity contribution in [3.63, 3.8) is 0 Å². The van der Waals surface area contributed by atoms with Gasteiger partial charge in [-0.1, -0.05) is 6.07 Å². The molecule has 4 nitrogen and oxygen atoms in total. The van der Waals surface area contributed by atoms with Gasteiger partial charge in [0.1, 0.15) is 17.1 Å². The van der Waals surface area contributed by atoms with Gasteiger partial charge in [0.15, 0.2) is 0 Å². The van der Waals surface area contributed by atoms with E-state index in [-0.39, 0.29) is 11.3 Å². The number of hydrogen-bond acceptors (Lipinski definition) is 3. The molecule has 5 heteroatoms. The molecular weight excluding hydrogens is 235 g/mol. The molecule has 2 heterocycles. The predicted octanol–water partition coefficient (Wildman–Crippen LogP) is 0.965. The third kappa shape index (κ3) is 1.75. The molecule has 3 rings (SSSR count). The van der Waals surface area contributed by atoms with Gasteiger partial charge in [-0.3, -0.25) is 4.79 Å². The molecule has 0 bridgehead atoms. The second-order valence-corrected chi connectivity index (χ2v) is 4.95. The molecule has 0 radical (unpaired) electrons. The van der Waals surface area contributed by atoms with Crippen LogP contribution < -0.4 is 5.32 Å². The van der Waals surface area contributed by atoms with Crippen LogP contribution in [0.2, 0.25) is 0 Å². The maximum atomic E-state index is 13.6. The number of carbonyl (C=O) groups is 1. The van der Waals surface area contributed by atoms with Crippen LogP contribution in [0.1, 0.15) is 16.8 Å². The average molecular weight is 250 g/mol. The van der Waals surface area contributed by atoms with Crippen LogP contribution in [0.15, 0.2) is 18.2 Å². The van der Waals surface area contributed by atoms with Crippen molar-refractivity contribution in [1.82, 2.24) is 10.2 Å². The van der Waals surface area contributed by atoms with Crippen molar-refractivity contribution < 1.29 is 14.3 Å². The normalized spacial score (nSPS) is 26.4. The number of phenolic OH excluding ortho intramolecular Hbond substituents is 1. The van der Waals surface area contributed by atoms with Crippen molar-refractivity contribution in [2.45, 2.75) is 12.5 Å². The Bertz CT molecular complexity index is 460. The number of likely N-dealkylation sites (tertiary alicyclic amines) is 1. The molecule has 18 heavy (non-hydrogen) atoms. The Kier molecular flexibility index (Phi) is 2.70. The monoisotopic (exact) mass is 250 g/mol. The van der Waals surface area contributed by atoms with Gasteiger partial charge >= 0.3 is 0 Å². The molecule has 2 N–H and O–H groups in total. The summed E-state index contributed by atoms with van der Waals surface area (Å²) in [4.78, 5) is 13.8. The molecule has 0 unspecified atom stereocenters. The van der Waals surface area contributed by atoms with E-state index in [1.54, 1.807) is 4.90 Å². The molecule has 2 aliphatic rings. The summed E-state index contributed by atoms with van der Waals surface area (Å²) in [5, 5.41) is 13.0. The van der Waals surface area contributed by atoms with E-state index in [9.17, 15) is 14.3 Å². The minimum Gasteiger partial charge on any atom is -0.507 e. The van der Waals surface area contributed by atoms with E-state index in [2.05, 4.69) is 5.32 Å². The number of nitrogens with zero attached hydrogens (tertiary/aromatic N) is 1. The van der Waals surface area contributed by atoms with Crippen molar-refractivity contribution >= 4 is 5.91 Å². The summed E-state index contributed by atoms with van der Waals surface area (Å²) in [5.41, 5.74) is -0.211. The first kappa shape index (κ1) is 11.5. The lowest BCUT2D eigenvalue weighted by Crippen LogP contribution is -2.34. The number of aromatic hydroxyl groups is 1. The first-order valence-corrected chi connectivity index (χ1v) is 6.17. The van der Waals surface area contributed by atoms with Gasteiger partial charge < -0.3 is 15.3 Å². The highest BCUT2D eigenvalue weighted by Crippen LogP contribution is 2.28. The van der Waals surface area contributed by atoms with Crippen LogP contribution in [-0.4, -0.2) is 41.6 Å². The summed E-state index contributed by atoms with van der Waals surface area (Å²) >= 11 is 0. The van der Waals surface area contributed by atoms with Gasteiger partial charge in [-0.05, 0) is 31.0 Å². The standard InChI is InChI=1S/C13H15FN2O2/c14-9-2-1-3-11(17)12(9)13(18)16-6-8-4-5-15-10(8)7-16/h1-3,8,10,15,17H,4-7H2/t8-,10+/m0/s1. The third-order valence-electron chi connectivity index (χ3n) is 3.86. The molecule has 1 aromatic rings. The van der Waals surface area contributed by atoms with E-state index in [1.807, 2.05) is 0 Å². The number of carbonyl (C=O) groups excluding carboxylic acids is 1. The highest BCUT2D eigenvalue weighted by Gasteiger charge is 2.39. The summed E-state index contributed by atoms with van der Waals surface area (Å²) in [6, 6.07) is 4.25. The fraction of sp³-hybridized carbons (Fsp3) is 0.462. The quantitative estimate of drug-likeness (QED) is 0.780. The summed E-state index contributed by atoms with van der Waals surface area (Å²) in [7, 11) is 0. The SMILES string of the molecule is O=C(c1c(O)cccc1F)N1C[C@@H]2CCN[C@@H]2C1. The molecule has 2 aliphatic heterocycles. The van der Waals surface area contributed by atoms with E-state index >= 15 is 0 Å². The molecule has 1 amide bonds. The molecule has 2 fully saturated rings. The molecule has 96 valence electrons. The lowest BCUT2D eigenvalue weighted by Gasteiger charge is -2.18. The zero-order chi connectivity index (χ0) is 12.7. The maximum Gasteiger partial charge on any atom is 0.260 e. The van der Waals surface area contributed by atoms with Crippen LogP contribution in [0, 0.1) is 11.7 Å². The molecular formula is C13H15FN2O2. The number of nitrogens with one attached hydrogen (secondary N) is 1. The number of amides is 1. The van der Waals surface area contributed by atoms with Crippen molar-refractivity contribution in [2.24, 2.45) is 5.92 Å². The van der Waals surface area contributed by atoms with Gasteiger partial charge in [0.05, 0.1) is 0 Å². The van der Waals surface area contributed by atoms with Gasteiger partial charge in [0.25, 0.3) is 5.91 Å². The topological polar surface area (TPSA) is 52.6 Å². The third-order valence-corrected chi connectivity index (χ3v) is 3.86. The van der Waals surface area contributed by atoms with Crippen LogP contribution in [-0.2, 0) is 0 Å². The number of benzene rings is 1. The van der Waals surface area contributed by atoms with E-state index in [0.29, 0.717) is 25.0 Å². The summed E-state index contributed by atoms with van der Waals surface area (Å²) in [6.07, 6.45) is 1.05. The number of fused-ring (bicyclic) bond motifs is 1. The van der Waals surface area contributed by atoms with E-state index < -0.39 is 11.7 Å². The lowest BCUT2D eigenvalue weighted by atomic mass is 10.1. The van der Waals surface area contributed by atoms with Gasteiger partial charge in [-0.25, -0.2) is 4.39 Å². The Labute approximate surface area is 104 Å². The molecule has 2 saturated heterocycles. The Morgan fingerprint density at radius 2 is 2.28 bits per heavy atom. The lowest BCUT2D eigenvalue weighted by molar-refractivity contribution is 0.0774. The van der Waals surface area contributed by atoms with Crippen LogP contribution >= 0.6 is 0 Å². The van der Waals surface area contributed by atoms with Crippen LogP contribution in [0.3, 0.4) is 0 Å². The van der Waals surface area contributed by atoms with Gasteiger partial charge in [-0.2, -0.15) is 0 Å². The van der Waals surface area contributed by atoms with E-state index in [0.717, 1.165) is 13.0 Å². The van der Waals surface area contributed by atoms with Crippen LogP contribution in [0.25, 0.3) is 0 Å². The van der Waals surface area contributed by atoms with Crippen molar-refractivity contribution in [1.29, 1.82) is 0 Å². The Balaban J connectivity index is 1.83. The Morgan fingerprint density at radius 3 is 3.00 bits per heavy atom. The number of rotatable bonds is 1. The molecule has 0 aromatic heterocycles. The molecule has 0 spiro atoms. The van der Waals surface area contributed by atoms with Crippen LogP contribution in [0.4, 0.5) is 4.39 Å². The maximum absolute atomic E-state index is 13.6. The van der Waals surface area contributed by atoms with E-state index in [4.69, 9.17) is 0 Å². The predicted molar refractivity (Wildman–Crippen MR) is 63.9 cm³/mol. The minimum absolute atomic E-state index is 0.211. The molecule has 1 aromatic carbocycles. The molecule has 2 atom stereocenters. The largest absolute Gasteiger partial charge is 0.507 e. The van der Waals surface area contributed by atoms with Gasteiger partial charge in [0, 0.05) is 19.1 Å². The van der Waals surface area contributed by atoms with Gasteiger partial charge in [0.2, 0.25) is 0 Å². The van der Waals surface area contributed by atoms with E-state index in [1.165, 1.54) is 18.2 Å². The smallest absolute Gasteiger partial charge is 0.260 e. The van der Waals surface area contributed by atoms with Gasteiger partial charge in [-0.15, -0.1) is 0 Å². The van der Waals surface area contributed by atoms with Crippen LogP contribution in [0.5, 0.6) is 5.75 Å². The zero-order valence-corrected chi connectivity index (χ0v) is 9.90. The average Bonchev–Trinajstić information content (AvgIpc) is 2.88. The fourth-order valence-corrected chi connectivity index (χ4v) is 2.90.